The highest BCUT2D eigenvalue weighted by molar-refractivity contribution is 5.96. The summed E-state index contributed by atoms with van der Waals surface area (Å²) in [5, 5.41) is 10.5. The van der Waals surface area contributed by atoms with E-state index in [0.717, 1.165) is 5.56 Å². The molecular formula is C13H11FN4O. The minimum absolute atomic E-state index is 0.341. The number of halogens is 1. The molecule has 6 heteroatoms. The van der Waals surface area contributed by atoms with Gasteiger partial charge in [-0.05, 0) is 47.1 Å². The number of hydrogen-bond acceptors (Lipinski definition) is 5. The maximum Gasteiger partial charge on any atom is 0.160 e. The van der Waals surface area contributed by atoms with Crippen molar-refractivity contribution in [3.8, 4) is 0 Å². The zero-order valence-corrected chi connectivity index (χ0v) is 10.1. The molecule has 0 radical (unpaired) electrons. The van der Waals surface area contributed by atoms with E-state index in [1.54, 1.807) is 24.3 Å². The van der Waals surface area contributed by atoms with Gasteiger partial charge in [0.05, 0.1) is 17.1 Å². The van der Waals surface area contributed by atoms with E-state index >= 15 is 0 Å². The Morgan fingerprint density at radius 1 is 1.11 bits per heavy atom. The first-order chi connectivity index (χ1) is 9.15. The molecule has 0 spiro atoms. The van der Waals surface area contributed by atoms with Gasteiger partial charge in [0, 0.05) is 0 Å². The lowest BCUT2D eigenvalue weighted by molar-refractivity contribution is 0.316. The van der Waals surface area contributed by atoms with E-state index in [4.69, 9.17) is 5.73 Å². The normalized spacial score (nSPS) is 10.8. The molecule has 3 N–H and O–H groups in total. The number of aryl methyl sites for hydroxylation is 1. The van der Waals surface area contributed by atoms with E-state index in [0.29, 0.717) is 28.1 Å². The van der Waals surface area contributed by atoms with E-state index in [-0.39, 0.29) is 5.82 Å². The van der Waals surface area contributed by atoms with Crippen LogP contribution < -0.4 is 11.1 Å². The lowest BCUT2D eigenvalue weighted by Crippen LogP contribution is -1.96. The molecule has 96 valence electrons. The molecule has 0 atom stereocenters. The molecule has 0 saturated carbocycles. The molecule has 5 nitrogen and oxygen atoms in total. The number of aromatic nitrogens is 2. The highest BCUT2D eigenvalue weighted by Crippen LogP contribution is 2.29. The fourth-order valence-electron chi connectivity index (χ4n) is 1.87. The van der Waals surface area contributed by atoms with Crippen LogP contribution in [0.4, 0.5) is 21.5 Å². The van der Waals surface area contributed by atoms with Crippen LogP contribution in [0, 0.1) is 12.7 Å². The van der Waals surface area contributed by atoms with Gasteiger partial charge in [-0.1, -0.05) is 6.07 Å². The highest BCUT2D eigenvalue weighted by atomic mass is 19.1. The summed E-state index contributed by atoms with van der Waals surface area (Å²) < 4.78 is 18.4. The zero-order valence-electron chi connectivity index (χ0n) is 10.1. The van der Waals surface area contributed by atoms with Crippen LogP contribution in [0.5, 0.6) is 0 Å². The third-order valence-electron chi connectivity index (χ3n) is 2.84. The molecule has 0 aliphatic carbocycles. The summed E-state index contributed by atoms with van der Waals surface area (Å²) in [6, 6.07) is 8.21. The quantitative estimate of drug-likeness (QED) is 0.691. The Bertz CT molecular complexity index is 753. The van der Waals surface area contributed by atoms with Crippen LogP contribution in [0.3, 0.4) is 0 Å². The lowest BCUT2D eigenvalue weighted by atomic mass is 10.2. The first-order valence-corrected chi connectivity index (χ1v) is 5.69. The number of nitrogens with zero attached hydrogens (tertiary/aromatic N) is 2. The van der Waals surface area contributed by atoms with Crippen molar-refractivity contribution in [3.05, 3.63) is 41.7 Å². The van der Waals surface area contributed by atoms with Crippen molar-refractivity contribution in [1.29, 1.82) is 0 Å². The second-order valence-electron chi connectivity index (χ2n) is 4.27. The van der Waals surface area contributed by atoms with E-state index in [1.165, 1.54) is 6.07 Å². The van der Waals surface area contributed by atoms with Crippen molar-refractivity contribution >= 4 is 28.1 Å². The summed E-state index contributed by atoms with van der Waals surface area (Å²) in [6.07, 6.45) is 0. The van der Waals surface area contributed by atoms with Gasteiger partial charge in [0.2, 0.25) is 0 Å². The molecule has 0 bridgehead atoms. The second kappa shape index (κ2) is 4.24. The molecule has 0 aliphatic rings. The molecule has 0 fully saturated rings. The Kier molecular flexibility index (Phi) is 2.56. The molecule has 3 aromatic rings. The first kappa shape index (κ1) is 11.5. The number of anilines is 3. The van der Waals surface area contributed by atoms with Gasteiger partial charge in [0.15, 0.2) is 11.0 Å². The van der Waals surface area contributed by atoms with Crippen LogP contribution in [0.15, 0.2) is 35.0 Å². The third-order valence-corrected chi connectivity index (χ3v) is 2.84. The van der Waals surface area contributed by atoms with Crippen LogP contribution in [0.25, 0.3) is 11.0 Å². The molecule has 1 heterocycles. The molecule has 19 heavy (non-hydrogen) atoms. The number of hydrogen-bond donors (Lipinski definition) is 2. The number of nitrogens with two attached hydrogens (primary N) is 1. The Labute approximate surface area is 108 Å². The first-order valence-electron chi connectivity index (χ1n) is 5.69. The average molecular weight is 258 g/mol. The maximum atomic E-state index is 13.7. The molecule has 1 aromatic heterocycles. The third kappa shape index (κ3) is 1.97. The lowest BCUT2D eigenvalue weighted by Gasteiger charge is -2.08. The maximum absolute atomic E-state index is 13.7. The van der Waals surface area contributed by atoms with Gasteiger partial charge in [0.25, 0.3) is 0 Å². The minimum atomic E-state index is -0.341. The van der Waals surface area contributed by atoms with Crippen LogP contribution in [-0.2, 0) is 0 Å². The summed E-state index contributed by atoms with van der Waals surface area (Å²) in [7, 11) is 0. The predicted octanol–water partition coefficient (Wildman–Crippen LogP) is 3.00. The van der Waals surface area contributed by atoms with Crippen LogP contribution in [0.2, 0.25) is 0 Å². The Morgan fingerprint density at radius 3 is 2.74 bits per heavy atom. The largest absolute Gasteiger partial charge is 0.397 e. The fourth-order valence-corrected chi connectivity index (χ4v) is 1.87. The smallest absolute Gasteiger partial charge is 0.160 e. The van der Waals surface area contributed by atoms with Crippen molar-refractivity contribution in [2.45, 2.75) is 6.92 Å². The zero-order chi connectivity index (χ0) is 13.4. The van der Waals surface area contributed by atoms with Gasteiger partial charge < -0.3 is 11.1 Å². The molecule has 0 unspecified atom stereocenters. The van der Waals surface area contributed by atoms with Crippen molar-refractivity contribution in [2.75, 3.05) is 11.1 Å². The Hall–Kier alpha value is -2.63. The monoisotopic (exact) mass is 258 g/mol. The summed E-state index contributed by atoms with van der Waals surface area (Å²) in [4.78, 5) is 0. The summed E-state index contributed by atoms with van der Waals surface area (Å²) in [5.74, 6) is -0.341. The second-order valence-corrected chi connectivity index (χ2v) is 4.27. The number of nitrogens with one attached hydrogen (secondary N) is 1. The van der Waals surface area contributed by atoms with Gasteiger partial charge >= 0.3 is 0 Å². The molecule has 2 aromatic carbocycles. The Balaban J connectivity index is 2.08. The van der Waals surface area contributed by atoms with Crippen LogP contribution in [0.1, 0.15) is 5.56 Å². The van der Waals surface area contributed by atoms with Crippen molar-refractivity contribution in [3.63, 3.8) is 0 Å². The van der Waals surface area contributed by atoms with E-state index < -0.39 is 0 Å². The topological polar surface area (TPSA) is 77.0 Å². The van der Waals surface area contributed by atoms with Crippen molar-refractivity contribution < 1.29 is 9.02 Å². The van der Waals surface area contributed by atoms with Gasteiger partial charge in [0.1, 0.15) is 5.82 Å². The standard InChI is InChI=1S/C13H11FN4O/c1-7-2-3-8(14)11(6-7)16-10-5-4-9(15)12-13(10)18-19-17-12/h2-6,16H,15H2,1H3. The van der Waals surface area contributed by atoms with E-state index in [1.807, 2.05) is 6.92 Å². The van der Waals surface area contributed by atoms with Gasteiger partial charge in [-0.15, -0.1) is 0 Å². The SMILES string of the molecule is Cc1ccc(F)c(Nc2ccc(N)c3nonc23)c1. The van der Waals surface area contributed by atoms with Gasteiger partial charge in [-0.25, -0.2) is 9.02 Å². The highest BCUT2D eigenvalue weighted by Gasteiger charge is 2.11. The van der Waals surface area contributed by atoms with Crippen LogP contribution >= 0.6 is 0 Å². The number of fused-ring (bicyclic) bond motifs is 1. The minimum Gasteiger partial charge on any atom is -0.397 e. The summed E-state index contributed by atoms with van der Waals surface area (Å²) >= 11 is 0. The van der Waals surface area contributed by atoms with Crippen LogP contribution in [-0.4, -0.2) is 10.3 Å². The number of benzene rings is 2. The predicted molar refractivity (Wildman–Crippen MR) is 70.6 cm³/mol. The average Bonchev–Trinajstić information content (AvgIpc) is 2.87. The number of nitrogen functional groups attached to an aromatic ring is 1. The molecule has 0 aliphatic heterocycles. The molecular weight excluding hydrogens is 247 g/mol. The van der Waals surface area contributed by atoms with E-state index in [9.17, 15) is 4.39 Å². The molecule has 3 rings (SSSR count). The van der Waals surface area contributed by atoms with Crippen molar-refractivity contribution in [2.24, 2.45) is 0 Å². The van der Waals surface area contributed by atoms with Gasteiger partial charge in [-0.2, -0.15) is 0 Å². The van der Waals surface area contributed by atoms with E-state index in [2.05, 4.69) is 20.3 Å². The van der Waals surface area contributed by atoms with Crippen molar-refractivity contribution in [1.82, 2.24) is 10.3 Å². The Morgan fingerprint density at radius 2 is 1.89 bits per heavy atom. The fraction of sp³-hybridized carbons (Fsp3) is 0.0769. The molecule has 0 amide bonds. The molecule has 0 saturated heterocycles. The summed E-state index contributed by atoms with van der Waals surface area (Å²) in [5.41, 5.74) is 9.06. The number of rotatable bonds is 2. The van der Waals surface area contributed by atoms with Gasteiger partial charge in [-0.3, -0.25) is 0 Å². The summed E-state index contributed by atoms with van der Waals surface area (Å²) in [6.45, 7) is 1.89.